The summed E-state index contributed by atoms with van der Waals surface area (Å²) in [7, 11) is 0. The van der Waals surface area contributed by atoms with Crippen LogP contribution in [0.5, 0.6) is 0 Å². The summed E-state index contributed by atoms with van der Waals surface area (Å²) in [6.45, 7) is 0.128. The zero-order valence-corrected chi connectivity index (χ0v) is 7.24. The first-order valence-electron chi connectivity index (χ1n) is 4.19. The lowest BCUT2D eigenvalue weighted by atomic mass is 10.0. The highest BCUT2D eigenvalue weighted by atomic mass is 19.3. The Morgan fingerprint density at radius 1 is 1.31 bits per heavy atom. The van der Waals surface area contributed by atoms with Crippen molar-refractivity contribution in [3.05, 3.63) is 0 Å². The Kier molecular flexibility index (Phi) is 2.58. The van der Waals surface area contributed by atoms with E-state index in [0.717, 1.165) is 12.8 Å². The third kappa shape index (κ3) is 2.33. The zero-order valence-electron chi connectivity index (χ0n) is 7.24. The molecular formula is C8H12F4O. The van der Waals surface area contributed by atoms with Crippen LogP contribution in [0, 0.1) is 5.92 Å². The van der Waals surface area contributed by atoms with Gasteiger partial charge in [-0.25, -0.2) is 8.78 Å². The maximum atomic E-state index is 12.7. The van der Waals surface area contributed by atoms with Gasteiger partial charge >= 0.3 is 11.8 Å². The standard InChI is InChI=1S/C8H12F4O/c1-7(9,10)8(11,12)6(13)4-5-2-3-5/h5-6,13H,2-4H2,1H3. The van der Waals surface area contributed by atoms with E-state index in [4.69, 9.17) is 5.11 Å². The molecule has 1 aliphatic rings. The van der Waals surface area contributed by atoms with Crippen LogP contribution >= 0.6 is 0 Å². The van der Waals surface area contributed by atoms with Crippen molar-refractivity contribution in [3.8, 4) is 0 Å². The van der Waals surface area contributed by atoms with Crippen molar-refractivity contribution in [1.29, 1.82) is 0 Å². The lowest BCUT2D eigenvalue weighted by Gasteiger charge is -2.27. The van der Waals surface area contributed by atoms with Crippen molar-refractivity contribution >= 4 is 0 Å². The largest absolute Gasteiger partial charge is 0.387 e. The van der Waals surface area contributed by atoms with Gasteiger partial charge in [-0.2, -0.15) is 8.78 Å². The van der Waals surface area contributed by atoms with Crippen LogP contribution in [0.1, 0.15) is 26.2 Å². The number of rotatable bonds is 4. The number of hydrogen-bond acceptors (Lipinski definition) is 1. The molecule has 0 radical (unpaired) electrons. The van der Waals surface area contributed by atoms with Gasteiger partial charge < -0.3 is 5.11 Å². The topological polar surface area (TPSA) is 20.2 Å². The van der Waals surface area contributed by atoms with Gasteiger partial charge in [0, 0.05) is 6.92 Å². The van der Waals surface area contributed by atoms with E-state index in [1.165, 1.54) is 0 Å². The molecule has 13 heavy (non-hydrogen) atoms. The molecule has 1 N–H and O–H groups in total. The minimum Gasteiger partial charge on any atom is -0.387 e. The molecule has 0 spiro atoms. The summed E-state index contributed by atoms with van der Waals surface area (Å²) in [6.07, 6.45) is -0.943. The molecule has 0 heterocycles. The molecule has 0 aromatic carbocycles. The molecule has 1 aliphatic carbocycles. The van der Waals surface area contributed by atoms with Crippen LogP contribution in [0.3, 0.4) is 0 Å². The lowest BCUT2D eigenvalue weighted by molar-refractivity contribution is -0.246. The summed E-state index contributed by atoms with van der Waals surface area (Å²) >= 11 is 0. The van der Waals surface area contributed by atoms with Gasteiger partial charge in [0.1, 0.15) is 6.10 Å². The van der Waals surface area contributed by atoms with Gasteiger partial charge in [-0.05, 0) is 12.3 Å². The highest BCUT2D eigenvalue weighted by Crippen LogP contribution is 2.42. The third-order valence-electron chi connectivity index (χ3n) is 2.26. The van der Waals surface area contributed by atoms with Gasteiger partial charge in [0.2, 0.25) is 0 Å². The van der Waals surface area contributed by atoms with Crippen molar-refractivity contribution in [3.63, 3.8) is 0 Å². The van der Waals surface area contributed by atoms with E-state index in [1.807, 2.05) is 0 Å². The zero-order chi connectivity index (χ0) is 10.3. The van der Waals surface area contributed by atoms with Crippen molar-refractivity contribution in [2.45, 2.75) is 44.1 Å². The van der Waals surface area contributed by atoms with Crippen LogP contribution in [0.25, 0.3) is 0 Å². The van der Waals surface area contributed by atoms with Crippen LogP contribution in [-0.4, -0.2) is 23.1 Å². The molecule has 1 unspecified atom stereocenters. The predicted molar refractivity (Wildman–Crippen MR) is 38.9 cm³/mol. The smallest absolute Gasteiger partial charge is 0.335 e. The van der Waals surface area contributed by atoms with E-state index in [2.05, 4.69) is 0 Å². The highest BCUT2D eigenvalue weighted by molar-refractivity contribution is 4.90. The van der Waals surface area contributed by atoms with Crippen LogP contribution in [0.2, 0.25) is 0 Å². The molecule has 1 saturated carbocycles. The highest BCUT2D eigenvalue weighted by Gasteiger charge is 2.57. The van der Waals surface area contributed by atoms with Crippen molar-refractivity contribution < 1.29 is 22.7 Å². The molecule has 5 heteroatoms. The minimum atomic E-state index is -4.31. The molecule has 0 bridgehead atoms. The molecule has 0 saturated heterocycles. The maximum absolute atomic E-state index is 12.7. The Bertz CT molecular complexity index is 183. The Labute approximate surface area is 73.7 Å². The second-order valence-electron chi connectivity index (χ2n) is 3.71. The Morgan fingerprint density at radius 3 is 2.08 bits per heavy atom. The third-order valence-corrected chi connectivity index (χ3v) is 2.26. The normalized spacial score (nSPS) is 21.7. The van der Waals surface area contributed by atoms with E-state index in [1.54, 1.807) is 0 Å². The Morgan fingerprint density at radius 2 is 1.77 bits per heavy atom. The minimum absolute atomic E-state index is 0.00299. The number of hydrogen-bond donors (Lipinski definition) is 1. The van der Waals surface area contributed by atoms with E-state index in [-0.39, 0.29) is 19.3 Å². The van der Waals surface area contributed by atoms with Gasteiger partial charge in [0.15, 0.2) is 0 Å². The monoisotopic (exact) mass is 200 g/mol. The first-order chi connectivity index (χ1) is 5.75. The van der Waals surface area contributed by atoms with Crippen molar-refractivity contribution in [1.82, 2.24) is 0 Å². The predicted octanol–water partition coefficient (Wildman–Crippen LogP) is 2.44. The quantitative estimate of drug-likeness (QED) is 0.691. The summed E-state index contributed by atoms with van der Waals surface area (Å²) in [4.78, 5) is 0. The van der Waals surface area contributed by atoms with Gasteiger partial charge in [0.25, 0.3) is 0 Å². The molecule has 1 nitrogen and oxygen atoms in total. The molecule has 0 aromatic rings. The lowest BCUT2D eigenvalue weighted by Crippen LogP contribution is -2.48. The van der Waals surface area contributed by atoms with Gasteiger partial charge in [0.05, 0.1) is 0 Å². The van der Waals surface area contributed by atoms with E-state index in [0.29, 0.717) is 0 Å². The number of aliphatic hydroxyl groups excluding tert-OH is 1. The fourth-order valence-electron chi connectivity index (χ4n) is 1.11. The molecule has 1 atom stereocenters. The van der Waals surface area contributed by atoms with E-state index < -0.39 is 17.9 Å². The van der Waals surface area contributed by atoms with Crippen LogP contribution in [0.4, 0.5) is 17.6 Å². The maximum Gasteiger partial charge on any atom is 0.335 e. The molecule has 1 fully saturated rings. The average molecular weight is 200 g/mol. The summed E-state index contributed by atoms with van der Waals surface area (Å²) in [5.41, 5.74) is 0. The second kappa shape index (κ2) is 3.12. The van der Waals surface area contributed by atoms with Gasteiger partial charge in [-0.3, -0.25) is 0 Å². The first kappa shape index (κ1) is 10.8. The first-order valence-corrected chi connectivity index (χ1v) is 4.19. The van der Waals surface area contributed by atoms with Gasteiger partial charge in [-0.1, -0.05) is 12.8 Å². The van der Waals surface area contributed by atoms with Crippen LogP contribution < -0.4 is 0 Å². The number of halogens is 4. The van der Waals surface area contributed by atoms with Gasteiger partial charge in [-0.15, -0.1) is 0 Å². The number of aliphatic hydroxyl groups is 1. The SMILES string of the molecule is CC(F)(F)C(F)(F)C(O)CC1CC1. The second-order valence-corrected chi connectivity index (χ2v) is 3.71. The summed E-state index contributed by atoms with van der Waals surface area (Å²) < 4.78 is 50.0. The summed E-state index contributed by atoms with van der Waals surface area (Å²) in [5.74, 6) is -8.46. The molecule has 0 amide bonds. The molecule has 0 aliphatic heterocycles. The Hall–Kier alpha value is -0.320. The fraction of sp³-hybridized carbons (Fsp3) is 1.00. The molecule has 78 valence electrons. The molecular weight excluding hydrogens is 188 g/mol. The van der Waals surface area contributed by atoms with Crippen molar-refractivity contribution in [2.75, 3.05) is 0 Å². The fourth-order valence-corrected chi connectivity index (χ4v) is 1.11. The van der Waals surface area contributed by atoms with Crippen LogP contribution in [-0.2, 0) is 0 Å². The molecule has 0 aromatic heterocycles. The number of alkyl halides is 4. The summed E-state index contributed by atoms with van der Waals surface area (Å²) in [6, 6.07) is 0. The van der Waals surface area contributed by atoms with E-state index in [9.17, 15) is 17.6 Å². The molecule has 1 rings (SSSR count). The van der Waals surface area contributed by atoms with Crippen LogP contribution in [0.15, 0.2) is 0 Å². The van der Waals surface area contributed by atoms with Crippen molar-refractivity contribution in [2.24, 2.45) is 5.92 Å². The Balaban J connectivity index is 2.55. The van der Waals surface area contributed by atoms with E-state index >= 15 is 0 Å². The summed E-state index contributed by atoms with van der Waals surface area (Å²) in [5, 5.41) is 8.89. The average Bonchev–Trinajstić information content (AvgIpc) is 2.68.